The molecule has 0 fully saturated rings. The van der Waals surface area contributed by atoms with Crippen molar-refractivity contribution in [1.82, 2.24) is 4.57 Å². The number of amides is 1. The van der Waals surface area contributed by atoms with E-state index in [-0.39, 0.29) is 23.1 Å². The van der Waals surface area contributed by atoms with E-state index in [0.29, 0.717) is 17.0 Å². The predicted molar refractivity (Wildman–Crippen MR) is 82.8 cm³/mol. The zero-order chi connectivity index (χ0) is 15.9. The van der Waals surface area contributed by atoms with Crippen LogP contribution in [0.25, 0.3) is 0 Å². The molecule has 0 radical (unpaired) electrons. The van der Waals surface area contributed by atoms with Gasteiger partial charge in [-0.3, -0.25) is 19.0 Å². The standard InChI is InChI=1S/C15H14N2O4S/c1-8-7-22-15(20)17(8)6-12(18)10-3-4-13-11(5-10)16-14(19)9(2)21-13/h3-5,7,9H,6H2,1-2H3,(H,16,19). The Bertz CT molecular complexity index is 821. The van der Waals surface area contributed by atoms with Crippen molar-refractivity contribution in [3.8, 4) is 5.75 Å². The highest BCUT2D eigenvalue weighted by Gasteiger charge is 2.24. The number of aryl methyl sites for hydroxylation is 1. The van der Waals surface area contributed by atoms with E-state index in [1.54, 1.807) is 37.4 Å². The van der Waals surface area contributed by atoms with E-state index in [1.807, 2.05) is 0 Å². The Morgan fingerprint density at radius 2 is 2.18 bits per heavy atom. The molecule has 2 aromatic rings. The molecule has 0 saturated carbocycles. The summed E-state index contributed by atoms with van der Waals surface area (Å²) in [7, 11) is 0. The fraction of sp³-hybridized carbons (Fsp3) is 0.267. The van der Waals surface area contributed by atoms with Crippen molar-refractivity contribution in [1.29, 1.82) is 0 Å². The van der Waals surface area contributed by atoms with Gasteiger partial charge in [0.15, 0.2) is 11.9 Å². The number of hydrogen-bond donors (Lipinski definition) is 1. The maximum atomic E-state index is 12.3. The second-order valence-electron chi connectivity index (χ2n) is 5.11. The molecule has 22 heavy (non-hydrogen) atoms. The molecular formula is C15H14N2O4S. The zero-order valence-corrected chi connectivity index (χ0v) is 12.9. The lowest BCUT2D eigenvalue weighted by Crippen LogP contribution is -2.34. The van der Waals surface area contributed by atoms with Gasteiger partial charge in [-0.25, -0.2) is 0 Å². The minimum Gasteiger partial charge on any atom is -0.479 e. The quantitative estimate of drug-likeness (QED) is 0.876. The molecule has 1 atom stereocenters. The van der Waals surface area contributed by atoms with Gasteiger partial charge in [-0.05, 0) is 32.0 Å². The largest absolute Gasteiger partial charge is 0.479 e. The van der Waals surface area contributed by atoms with Gasteiger partial charge < -0.3 is 10.1 Å². The molecule has 0 spiro atoms. The second-order valence-corrected chi connectivity index (χ2v) is 5.93. The molecular weight excluding hydrogens is 304 g/mol. The normalized spacial score (nSPS) is 16.6. The van der Waals surface area contributed by atoms with Gasteiger partial charge in [0, 0.05) is 16.6 Å². The molecule has 0 aliphatic carbocycles. The Morgan fingerprint density at radius 1 is 1.41 bits per heavy atom. The van der Waals surface area contributed by atoms with Crippen LogP contribution in [0, 0.1) is 6.92 Å². The second kappa shape index (κ2) is 5.42. The number of rotatable bonds is 3. The number of nitrogens with one attached hydrogen (secondary N) is 1. The fourth-order valence-corrected chi connectivity index (χ4v) is 2.95. The Hall–Kier alpha value is -2.41. The van der Waals surface area contributed by atoms with Gasteiger partial charge in [-0.2, -0.15) is 0 Å². The van der Waals surface area contributed by atoms with Crippen LogP contribution < -0.4 is 14.9 Å². The zero-order valence-electron chi connectivity index (χ0n) is 12.1. The molecule has 2 heterocycles. The molecule has 1 aliphatic rings. The van der Waals surface area contributed by atoms with Gasteiger partial charge in [-0.15, -0.1) is 0 Å². The SMILES string of the molecule is Cc1csc(=O)n1CC(=O)c1ccc2c(c1)NC(=O)C(C)O2. The van der Waals surface area contributed by atoms with Crippen LogP contribution >= 0.6 is 11.3 Å². The highest BCUT2D eigenvalue weighted by Crippen LogP contribution is 2.30. The first-order valence-electron chi connectivity index (χ1n) is 6.75. The first-order chi connectivity index (χ1) is 10.5. The molecule has 0 saturated heterocycles. The first-order valence-corrected chi connectivity index (χ1v) is 7.63. The van der Waals surface area contributed by atoms with Crippen molar-refractivity contribution in [2.75, 3.05) is 5.32 Å². The van der Waals surface area contributed by atoms with E-state index < -0.39 is 6.10 Å². The number of aromatic nitrogens is 1. The van der Waals surface area contributed by atoms with Crippen molar-refractivity contribution in [2.24, 2.45) is 0 Å². The highest BCUT2D eigenvalue weighted by atomic mass is 32.1. The lowest BCUT2D eigenvalue weighted by Gasteiger charge is -2.23. The smallest absolute Gasteiger partial charge is 0.307 e. The van der Waals surface area contributed by atoms with Gasteiger partial charge in [-0.1, -0.05) is 11.3 Å². The molecule has 1 aromatic carbocycles. The Kier molecular flexibility index (Phi) is 3.58. The highest BCUT2D eigenvalue weighted by molar-refractivity contribution is 7.07. The predicted octanol–water partition coefficient (Wildman–Crippen LogP) is 1.82. The van der Waals surface area contributed by atoms with E-state index in [1.165, 1.54) is 4.57 Å². The van der Waals surface area contributed by atoms with Gasteiger partial charge in [0.05, 0.1) is 12.2 Å². The summed E-state index contributed by atoms with van der Waals surface area (Å²) in [5.74, 6) is 0.0915. The Morgan fingerprint density at radius 3 is 2.86 bits per heavy atom. The minimum absolute atomic E-state index is 0.0157. The van der Waals surface area contributed by atoms with Crippen LogP contribution in [0.5, 0.6) is 5.75 Å². The number of ether oxygens (including phenoxy) is 1. The summed E-state index contributed by atoms with van der Waals surface area (Å²) in [6.07, 6.45) is -0.555. The number of ketones is 1. The van der Waals surface area contributed by atoms with E-state index in [2.05, 4.69) is 5.32 Å². The van der Waals surface area contributed by atoms with Gasteiger partial charge in [0.25, 0.3) is 5.91 Å². The monoisotopic (exact) mass is 318 g/mol. The van der Waals surface area contributed by atoms with Gasteiger partial charge in [0.2, 0.25) is 0 Å². The van der Waals surface area contributed by atoms with Crippen LogP contribution in [-0.2, 0) is 11.3 Å². The number of Topliss-reactive ketones (excluding diaryl/α,β-unsaturated/α-hetero) is 1. The molecule has 114 valence electrons. The molecule has 1 amide bonds. The average molecular weight is 318 g/mol. The molecule has 6 nitrogen and oxygen atoms in total. The van der Waals surface area contributed by atoms with Gasteiger partial charge >= 0.3 is 4.87 Å². The number of fused-ring (bicyclic) bond motifs is 1. The van der Waals surface area contributed by atoms with Crippen LogP contribution in [0.3, 0.4) is 0 Å². The minimum atomic E-state index is -0.555. The number of carbonyl (C=O) groups is 2. The summed E-state index contributed by atoms with van der Waals surface area (Å²) >= 11 is 1.07. The van der Waals surface area contributed by atoms with Gasteiger partial charge in [0.1, 0.15) is 5.75 Å². The first kappa shape index (κ1) is 14.5. The molecule has 1 aromatic heterocycles. The number of carbonyl (C=O) groups excluding carboxylic acids is 2. The van der Waals surface area contributed by atoms with Crippen molar-refractivity contribution in [3.63, 3.8) is 0 Å². The maximum Gasteiger partial charge on any atom is 0.307 e. The van der Waals surface area contributed by atoms with Crippen LogP contribution in [-0.4, -0.2) is 22.4 Å². The number of nitrogens with zero attached hydrogens (tertiary/aromatic N) is 1. The average Bonchev–Trinajstić information content (AvgIpc) is 2.80. The molecule has 7 heteroatoms. The summed E-state index contributed by atoms with van der Waals surface area (Å²) in [5.41, 5.74) is 1.66. The lowest BCUT2D eigenvalue weighted by atomic mass is 10.1. The van der Waals surface area contributed by atoms with Crippen molar-refractivity contribution in [2.45, 2.75) is 26.5 Å². The van der Waals surface area contributed by atoms with Crippen molar-refractivity contribution in [3.05, 3.63) is 44.5 Å². The van der Waals surface area contributed by atoms with E-state index >= 15 is 0 Å². The lowest BCUT2D eigenvalue weighted by molar-refractivity contribution is -0.122. The third kappa shape index (κ3) is 2.55. The number of thiazole rings is 1. The molecule has 1 N–H and O–H groups in total. The van der Waals surface area contributed by atoms with Crippen LogP contribution in [0.2, 0.25) is 0 Å². The Balaban J connectivity index is 1.87. The molecule has 1 aliphatic heterocycles. The summed E-state index contributed by atoms with van der Waals surface area (Å²) < 4.78 is 6.88. The molecule has 0 bridgehead atoms. The number of benzene rings is 1. The summed E-state index contributed by atoms with van der Waals surface area (Å²) in [4.78, 5) is 35.5. The van der Waals surface area contributed by atoms with Crippen LogP contribution in [0.1, 0.15) is 23.0 Å². The van der Waals surface area contributed by atoms with Crippen LogP contribution in [0.4, 0.5) is 5.69 Å². The van der Waals surface area contributed by atoms with E-state index in [0.717, 1.165) is 17.0 Å². The number of anilines is 1. The van der Waals surface area contributed by atoms with Crippen molar-refractivity contribution >= 4 is 28.7 Å². The summed E-state index contributed by atoms with van der Waals surface area (Å²) in [6, 6.07) is 4.87. The van der Waals surface area contributed by atoms with Crippen LogP contribution in [0.15, 0.2) is 28.4 Å². The fourth-order valence-electron chi connectivity index (χ4n) is 2.21. The molecule has 1 unspecified atom stereocenters. The van der Waals surface area contributed by atoms with Crippen molar-refractivity contribution < 1.29 is 14.3 Å². The van der Waals surface area contributed by atoms with E-state index in [4.69, 9.17) is 4.74 Å². The topological polar surface area (TPSA) is 77.4 Å². The van der Waals surface area contributed by atoms with E-state index in [9.17, 15) is 14.4 Å². The maximum absolute atomic E-state index is 12.3. The summed E-state index contributed by atoms with van der Waals surface area (Å²) in [5, 5.41) is 4.42. The summed E-state index contributed by atoms with van der Waals surface area (Å²) in [6.45, 7) is 3.43. The molecule has 3 rings (SSSR count). The third-order valence-corrected chi connectivity index (χ3v) is 4.39. The third-order valence-electron chi connectivity index (χ3n) is 3.51. The Labute approximate surface area is 130 Å². The number of hydrogen-bond acceptors (Lipinski definition) is 5.